The van der Waals surface area contributed by atoms with E-state index in [1.807, 2.05) is 61.4 Å². The van der Waals surface area contributed by atoms with E-state index in [-0.39, 0.29) is 11.9 Å². The van der Waals surface area contributed by atoms with Crippen LogP contribution >= 0.6 is 0 Å². The summed E-state index contributed by atoms with van der Waals surface area (Å²) in [5.74, 6) is 1.38. The highest BCUT2D eigenvalue weighted by molar-refractivity contribution is 6.07. The molecule has 1 atom stereocenters. The van der Waals surface area contributed by atoms with Gasteiger partial charge in [0.25, 0.3) is 0 Å². The lowest BCUT2D eigenvalue weighted by molar-refractivity contribution is -0.122. The highest BCUT2D eigenvalue weighted by Crippen LogP contribution is 2.45. The van der Waals surface area contributed by atoms with Gasteiger partial charge in [0.1, 0.15) is 5.82 Å². The van der Waals surface area contributed by atoms with Crippen molar-refractivity contribution in [2.75, 3.05) is 10.2 Å². The van der Waals surface area contributed by atoms with Crippen molar-refractivity contribution in [1.29, 1.82) is 0 Å². The van der Waals surface area contributed by atoms with Crippen molar-refractivity contribution in [3.63, 3.8) is 0 Å². The Balaban J connectivity index is 1.69. The highest BCUT2D eigenvalue weighted by atomic mass is 16.2. The molecule has 1 aromatic heterocycles. The van der Waals surface area contributed by atoms with Crippen molar-refractivity contribution < 1.29 is 4.79 Å². The third kappa shape index (κ3) is 3.53. The number of carbonyl (C=O) groups is 1. The molecule has 0 saturated carbocycles. The lowest BCUT2D eigenvalue weighted by Crippen LogP contribution is -2.43. The van der Waals surface area contributed by atoms with Crippen LogP contribution in [0.1, 0.15) is 58.4 Å². The number of para-hydroxylation sites is 1. The van der Waals surface area contributed by atoms with Gasteiger partial charge in [-0.05, 0) is 70.6 Å². The first-order valence-corrected chi connectivity index (χ1v) is 10.8. The number of fused-ring (bicyclic) bond motifs is 1. The van der Waals surface area contributed by atoms with Crippen molar-refractivity contribution in [2.24, 2.45) is 0 Å². The Labute approximate surface area is 178 Å². The molecule has 1 unspecified atom stereocenters. The Morgan fingerprint density at radius 3 is 2.80 bits per heavy atom. The number of nitrogens with zero attached hydrogens (tertiary/aromatic N) is 3. The van der Waals surface area contributed by atoms with Crippen molar-refractivity contribution in [3.8, 4) is 0 Å². The predicted molar refractivity (Wildman–Crippen MR) is 122 cm³/mol. The molecular weight excluding hydrogens is 372 g/mol. The molecule has 2 aliphatic rings. The van der Waals surface area contributed by atoms with Crippen LogP contribution in [-0.2, 0) is 10.2 Å². The quantitative estimate of drug-likeness (QED) is 0.478. The SMILES string of the molecule is C=CCCCC1=C(C)CCC1N1C(=O)C(C)(C)c2cnc(Nc3ccccc3)nc21. The van der Waals surface area contributed by atoms with Gasteiger partial charge in [-0.3, -0.25) is 9.69 Å². The zero-order valence-electron chi connectivity index (χ0n) is 18.1. The molecule has 156 valence electrons. The standard InChI is InChI=1S/C25H30N4O/c1-5-6-8-13-19-17(2)14-15-21(19)29-22-20(25(3,4)23(29)30)16-26-24(28-22)27-18-11-9-7-10-12-18/h5,7,9-12,16,21H,1,6,8,13-15H2,2-4H3,(H,26,27,28). The van der Waals surface area contributed by atoms with E-state index < -0.39 is 5.41 Å². The monoisotopic (exact) mass is 402 g/mol. The van der Waals surface area contributed by atoms with Gasteiger partial charge in [-0.25, -0.2) is 4.98 Å². The number of hydrogen-bond donors (Lipinski definition) is 1. The summed E-state index contributed by atoms with van der Waals surface area (Å²) in [5, 5.41) is 3.27. The molecule has 1 aliphatic heterocycles. The van der Waals surface area contributed by atoms with E-state index in [0.717, 1.165) is 49.2 Å². The first-order valence-electron chi connectivity index (χ1n) is 10.8. The summed E-state index contributed by atoms with van der Waals surface area (Å²) in [6, 6.07) is 9.95. The number of allylic oxidation sites excluding steroid dienone is 2. The topological polar surface area (TPSA) is 58.1 Å². The van der Waals surface area contributed by atoms with E-state index in [9.17, 15) is 4.79 Å². The summed E-state index contributed by atoms with van der Waals surface area (Å²) in [7, 11) is 0. The minimum atomic E-state index is -0.622. The molecule has 0 fully saturated rings. The van der Waals surface area contributed by atoms with Crippen LogP contribution in [0.4, 0.5) is 17.5 Å². The molecule has 1 N–H and O–H groups in total. The average molecular weight is 403 g/mol. The fourth-order valence-corrected chi connectivity index (χ4v) is 4.58. The molecule has 0 bridgehead atoms. The Bertz CT molecular complexity index is 993. The third-order valence-electron chi connectivity index (χ3n) is 6.36. The molecule has 30 heavy (non-hydrogen) atoms. The minimum Gasteiger partial charge on any atom is -0.324 e. The maximum atomic E-state index is 13.5. The number of aromatic nitrogens is 2. The van der Waals surface area contributed by atoms with Crippen LogP contribution in [0.15, 0.2) is 60.3 Å². The largest absolute Gasteiger partial charge is 0.324 e. The number of benzene rings is 1. The molecule has 5 heteroatoms. The van der Waals surface area contributed by atoms with Crippen molar-refractivity contribution in [3.05, 3.63) is 65.9 Å². The van der Waals surface area contributed by atoms with Crippen LogP contribution in [0.5, 0.6) is 0 Å². The van der Waals surface area contributed by atoms with Gasteiger partial charge in [0, 0.05) is 17.4 Å². The normalized spacial score (nSPS) is 19.9. The van der Waals surface area contributed by atoms with Crippen LogP contribution in [0.3, 0.4) is 0 Å². The maximum absolute atomic E-state index is 13.5. The lowest BCUT2D eigenvalue weighted by atomic mass is 9.88. The zero-order chi connectivity index (χ0) is 21.3. The summed E-state index contributed by atoms with van der Waals surface area (Å²) in [6.45, 7) is 10.0. The molecule has 4 rings (SSSR count). The van der Waals surface area contributed by atoms with Crippen LogP contribution in [0.25, 0.3) is 0 Å². The summed E-state index contributed by atoms with van der Waals surface area (Å²) in [5.41, 5.74) is 4.02. The van der Waals surface area contributed by atoms with E-state index >= 15 is 0 Å². The van der Waals surface area contributed by atoms with Crippen LogP contribution in [-0.4, -0.2) is 21.9 Å². The van der Waals surface area contributed by atoms with Gasteiger partial charge >= 0.3 is 0 Å². The summed E-state index contributed by atoms with van der Waals surface area (Å²) >= 11 is 0. The second kappa shape index (κ2) is 8.05. The Morgan fingerprint density at radius 2 is 2.07 bits per heavy atom. The molecule has 0 spiro atoms. The first kappa shape index (κ1) is 20.3. The Kier molecular flexibility index (Phi) is 5.46. The fourth-order valence-electron chi connectivity index (χ4n) is 4.58. The third-order valence-corrected chi connectivity index (χ3v) is 6.36. The van der Waals surface area contributed by atoms with Gasteiger partial charge in [0.05, 0.1) is 11.5 Å². The van der Waals surface area contributed by atoms with Gasteiger partial charge in [-0.15, -0.1) is 6.58 Å². The van der Waals surface area contributed by atoms with Crippen LogP contribution < -0.4 is 10.2 Å². The molecule has 0 saturated heterocycles. The van der Waals surface area contributed by atoms with E-state index in [2.05, 4.69) is 23.8 Å². The van der Waals surface area contributed by atoms with E-state index in [0.29, 0.717) is 5.95 Å². The van der Waals surface area contributed by atoms with Gasteiger partial charge in [0.2, 0.25) is 11.9 Å². The highest BCUT2D eigenvalue weighted by Gasteiger charge is 2.49. The summed E-state index contributed by atoms with van der Waals surface area (Å²) in [4.78, 5) is 24.8. The zero-order valence-corrected chi connectivity index (χ0v) is 18.1. The number of unbranched alkanes of at least 4 members (excludes halogenated alkanes) is 1. The Hall–Kier alpha value is -2.95. The maximum Gasteiger partial charge on any atom is 0.239 e. The van der Waals surface area contributed by atoms with E-state index in [1.165, 1.54) is 11.1 Å². The smallest absolute Gasteiger partial charge is 0.239 e. The van der Waals surface area contributed by atoms with Crippen LogP contribution in [0, 0.1) is 0 Å². The molecule has 2 aromatic rings. The summed E-state index contributed by atoms with van der Waals surface area (Å²) in [6.07, 6.45) is 8.84. The van der Waals surface area contributed by atoms with Crippen molar-refractivity contribution in [2.45, 2.75) is 64.3 Å². The first-order chi connectivity index (χ1) is 14.4. The number of carbonyl (C=O) groups excluding carboxylic acids is 1. The number of nitrogens with one attached hydrogen (secondary N) is 1. The van der Waals surface area contributed by atoms with Gasteiger partial charge in [-0.2, -0.15) is 4.98 Å². The van der Waals surface area contributed by atoms with E-state index in [4.69, 9.17) is 4.98 Å². The van der Waals surface area contributed by atoms with Crippen molar-refractivity contribution in [1.82, 2.24) is 9.97 Å². The van der Waals surface area contributed by atoms with Crippen LogP contribution in [0.2, 0.25) is 0 Å². The molecule has 0 radical (unpaired) electrons. The predicted octanol–water partition coefficient (Wildman–Crippen LogP) is 5.68. The number of rotatable bonds is 7. The Morgan fingerprint density at radius 1 is 1.30 bits per heavy atom. The number of amides is 1. The number of anilines is 3. The second-order valence-corrected chi connectivity index (χ2v) is 8.76. The average Bonchev–Trinajstić information content (AvgIpc) is 3.18. The number of hydrogen-bond acceptors (Lipinski definition) is 4. The second-order valence-electron chi connectivity index (χ2n) is 8.76. The lowest BCUT2D eigenvalue weighted by Gasteiger charge is -2.28. The summed E-state index contributed by atoms with van der Waals surface area (Å²) < 4.78 is 0. The fraction of sp³-hybridized carbons (Fsp3) is 0.400. The minimum absolute atomic E-state index is 0.0855. The van der Waals surface area contributed by atoms with E-state index in [1.54, 1.807) is 0 Å². The van der Waals surface area contributed by atoms with Gasteiger partial charge < -0.3 is 5.32 Å². The van der Waals surface area contributed by atoms with Gasteiger partial charge in [-0.1, -0.05) is 29.8 Å². The van der Waals surface area contributed by atoms with Gasteiger partial charge in [0.15, 0.2) is 0 Å². The van der Waals surface area contributed by atoms with Crippen molar-refractivity contribution >= 4 is 23.4 Å². The molecule has 1 aromatic carbocycles. The molecule has 1 amide bonds. The molecule has 5 nitrogen and oxygen atoms in total. The molecule has 2 heterocycles. The molecular formula is C25H30N4O. The molecule has 1 aliphatic carbocycles.